The van der Waals surface area contributed by atoms with Crippen LogP contribution in [0.1, 0.15) is 31.1 Å². The van der Waals surface area contributed by atoms with Crippen LogP contribution in [-0.4, -0.2) is 35.8 Å². The molecule has 8 heteroatoms. The summed E-state index contributed by atoms with van der Waals surface area (Å²) in [5.74, 6) is -1.55. The number of benzene rings is 1. The third-order valence-corrected chi connectivity index (χ3v) is 5.69. The smallest absolute Gasteiger partial charge is 0.303 e. The molecule has 3 rings (SSSR count). The van der Waals surface area contributed by atoms with Gasteiger partial charge in [-0.1, -0.05) is 0 Å². The summed E-state index contributed by atoms with van der Waals surface area (Å²) in [6.07, 6.45) is 1.32. The molecule has 1 aliphatic rings. The van der Waals surface area contributed by atoms with Gasteiger partial charge in [-0.3, -0.25) is 4.79 Å². The molecular formula is C19H22F2N2O3S. The number of hydrogen-bond acceptors (Lipinski definition) is 5. The lowest BCUT2D eigenvalue weighted by atomic mass is 9.93. The highest BCUT2D eigenvalue weighted by molar-refractivity contribution is 7.15. The minimum Gasteiger partial charge on any atom is -0.481 e. The number of carboxylic acids is 1. The van der Waals surface area contributed by atoms with Gasteiger partial charge in [0.1, 0.15) is 22.3 Å². The van der Waals surface area contributed by atoms with Crippen molar-refractivity contribution in [1.82, 2.24) is 4.98 Å². The molecule has 1 saturated heterocycles. The molecule has 2 heterocycles. The molecule has 0 atom stereocenters. The fourth-order valence-electron chi connectivity index (χ4n) is 3.38. The standard InChI is InChI=1S/C19H22F2N2O3S/c1-3-26-18-11(2)27-19(22-18)13-9-14(20)17(15(21)10-13)23-6-4-12(5-7-23)8-16(24)25/h9-10,12H,3-8H2,1-2H3,(H,24,25). The van der Waals surface area contributed by atoms with Crippen LogP contribution >= 0.6 is 11.3 Å². The van der Waals surface area contributed by atoms with Crippen molar-refractivity contribution < 1.29 is 23.4 Å². The summed E-state index contributed by atoms with van der Waals surface area (Å²) in [7, 11) is 0. The second kappa shape index (κ2) is 8.21. The van der Waals surface area contributed by atoms with Gasteiger partial charge in [-0.25, -0.2) is 13.8 Å². The Balaban J connectivity index is 1.80. The predicted molar refractivity (Wildman–Crippen MR) is 101 cm³/mol. The second-order valence-electron chi connectivity index (χ2n) is 6.63. The normalized spacial score (nSPS) is 15.2. The summed E-state index contributed by atoms with van der Waals surface area (Å²) in [5.41, 5.74) is 0.333. The Morgan fingerprint density at radius 3 is 2.52 bits per heavy atom. The van der Waals surface area contributed by atoms with Crippen molar-refractivity contribution in [2.24, 2.45) is 5.92 Å². The van der Waals surface area contributed by atoms with Gasteiger partial charge >= 0.3 is 5.97 Å². The van der Waals surface area contributed by atoms with E-state index in [9.17, 15) is 13.6 Å². The molecule has 1 aromatic heterocycles. The summed E-state index contributed by atoms with van der Waals surface area (Å²) >= 11 is 1.33. The van der Waals surface area contributed by atoms with E-state index in [0.717, 1.165) is 4.88 Å². The van der Waals surface area contributed by atoms with Crippen LogP contribution in [0.2, 0.25) is 0 Å². The molecular weight excluding hydrogens is 374 g/mol. The van der Waals surface area contributed by atoms with E-state index in [1.165, 1.54) is 23.5 Å². The molecule has 0 radical (unpaired) electrons. The third kappa shape index (κ3) is 4.37. The molecule has 1 aromatic carbocycles. The zero-order valence-electron chi connectivity index (χ0n) is 15.3. The van der Waals surface area contributed by atoms with Crippen molar-refractivity contribution in [2.45, 2.75) is 33.1 Å². The molecule has 5 nitrogen and oxygen atoms in total. The fourth-order valence-corrected chi connectivity index (χ4v) is 4.22. The number of aromatic nitrogens is 1. The Morgan fingerprint density at radius 2 is 1.96 bits per heavy atom. The van der Waals surface area contributed by atoms with Gasteiger partial charge in [-0.2, -0.15) is 0 Å². The molecule has 0 amide bonds. The number of aliphatic carboxylic acids is 1. The minimum atomic E-state index is -0.833. The first kappa shape index (κ1) is 19.5. The quantitative estimate of drug-likeness (QED) is 0.780. The zero-order chi connectivity index (χ0) is 19.6. The Labute approximate surface area is 160 Å². The number of hydrogen-bond donors (Lipinski definition) is 1. The summed E-state index contributed by atoms with van der Waals surface area (Å²) in [5, 5.41) is 9.40. The van der Waals surface area contributed by atoms with E-state index in [1.54, 1.807) is 4.90 Å². The molecule has 1 aliphatic heterocycles. The van der Waals surface area contributed by atoms with Crippen molar-refractivity contribution in [3.63, 3.8) is 0 Å². The highest BCUT2D eigenvalue weighted by Gasteiger charge is 2.26. The average Bonchev–Trinajstić information content (AvgIpc) is 2.96. The number of carbonyl (C=O) groups is 1. The van der Waals surface area contributed by atoms with Crippen molar-refractivity contribution in [3.8, 4) is 16.5 Å². The first-order valence-electron chi connectivity index (χ1n) is 8.95. The summed E-state index contributed by atoms with van der Waals surface area (Å²) < 4.78 is 34.8. The second-order valence-corrected chi connectivity index (χ2v) is 7.83. The highest BCUT2D eigenvalue weighted by Crippen LogP contribution is 2.36. The van der Waals surface area contributed by atoms with Gasteiger partial charge in [-0.15, -0.1) is 11.3 Å². The molecule has 0 saturated carbocycles. The molecule has 27 heavy (non-hydrogen) atoms. The molecule has 0 spiro atoms. The van der Waals surface area contributed by atoms with Gasteiger partial charge in [0.2, 0.25) is 5.88 Å². The van der Waals surface area contributed by atoms with Crippen LogP contribution in [0.4, 0.5) is 14.5 Å². The molecule has 0 bridgehead atoms. The number of piperidine rings is 1. The summed E-state index contributed by atoms with van der Waals surface area (Å²) in [6, 6.07) is 2.60. The lowest BCUT2D eigenvalue weighted by molar-refractivity contribution is -0.138. The van der Waals surface area contributed by atoms with Gasteiger partial charge in [0.05, 0.1) is 11.5 Å². The van der Waals surface area contributed by atoms with Crippen LogP contribution in [0, 0.1) is 24.5 Å². The largest absolute Gasteiger partial charge is 0.481 e. The zero-order valence-corrected chi connectivity index (χ0v) is 16.1. The SMILES string of the molecule is CCOc1nc(-c2cc(F)c(N3CCC(CC(=O)O)CC3)c(F)c2)sc1C. The number of carboxylic acid groups (broad SMARTS) is 1. The van der Waals surface area contributed by atoms with Gasteiger partial charge in [0.15, 0.2) is 0 Å². The van der Waals surface area contributed by atoms with Crippen LogP contribution in [0.25, 0.3) is 10.6 Å². The summed E-state index contributed by atoms with van der Waals surface area (Å²) in [4.78, 5) is 17.7. The lowest BCUT2D eigenvalue weighted by Crippen LogP contribution is -2.35. The predicted octanol–water partition coefficient (Wildman–Crippen LogP) is 4.49. The number of halogens is 2. The Kier molecular flexibility index (Phi) is 5.94. The topological polar surface area (TPSA) is 62.7 Å². The van der Waals surface area contributed by atoms with Crippen LogP contribution in [0.15, 0.2) is 12.1 Å². The monoisotopic (exact) mass is 396 g/mol. The van der Waals surface area contributed by atoms with E-state index in [0.29, 0.717) is 49.0 Å². The molecule has 2 aromatic rings. The number of rotatable bonds is 6. The highest BCUT2D eigenvalue weighted by atomic mass is 32.1. The Hall–Kier alpha value is -2.22. The molecule has 1 N–H and O–H groups in total. The van der Waals surface area contributed by atoms with E-state index in [1.807, 2.05) is 13.8 Å². The number of thiazole rings is 1. The van der Waals surface area contributed by atoms with Gasteiger partial charge in [0.25, 0.3) is 0 Å². The first-order chi connectivity index (χ1) is 12.9. The maximum atomic E-state index is 14.7. The van der Waals surface area contributed by atoms with Crippen LogP contribution < -0.4 is 9.64 Å². The van der Waals surface area contributed by atoms with Crippen molar-refractivity contribution >= 4 is 23.0 Å². The molecule has 1 fully saturated rings. The first-order valence-corrected chi connectivity index (χ1v) is 9.77. The van der Waals surface area contributed by atoms with Crippen molar-refractivity contribution in [2.75, 3.05) is 24.6 Å². The van der Waals surface area contributed by atoms with Crippen LogP contribution in [0.5, 0.6) is 5.88 Å². The van der Waals surface area contributed by atoms with Crippen molar-refractivity contribution in [1.29, 1.82) is 0 Å². The van der Waals surface area contributed by atoms with E-state index in [2.05, 4.69) is 4.98 Å². The van der Waals surface area contributed by atoms with Gasteiger partial charge in [-0.05, 0) is 44.7 Å². The Morgan fingerprint density at radius 1 is 1.33 bits per heavy atom. The van der Waals surface area contributed by atoms with Gasteiger partial charge in [0, 0.05) is 25.1 Å². The number of anilines is 1. The fraction of sp³-hybridized carbons (Fsp3) is 0.474. The molecule has 146 valence electrons. The van der Waals surface area contributed by atoms with Crippen molar-refractivity contribution in [3.05, 3.63) is 28.6 Å². The molecule has 0 unspecified atom stereocenters. The maximum absolute atomic E-state index is 14.7. The maximum Gasteiger partial charge on any atom is 0.303 e. The molecule has 0 aliphatic carbocycles. The van der Waals surface area contributed by atoms with Crippen LogP contribution in [-0.2, 0) is 4.79 Å². The van der Waals surface area contributed by atoms with E-state index in [-0.39, 0.29) is 18.0 Å². The minimum absolute atomic E-state index is 0.0502. The number of aryl methyl sites for hydroxylation is 1. The number of nitrogens with zero attached hydrogens (tertiary/aromatic N) is 2. The van der Waals surface area contributed by atoms with Crippen LogP contribution in [0.3, 0.4) is 0 Å². The summed E-state index contributed by atoms with van der Waals surface area (Å²) in [6.45, 7) is 5.07. The van der Waals surface area contributed by atoms with E-state index >= 15 is 0 Å². The third-order valence-electron chi connectivity index (χ3n) is 4.69. The average molecular weight is 396 g/mol. The van der Waals surface area contributed by atoms with Gasteiger partial charge < -0.3 is 14.7 Å². The lowest BCUT2D eigenvalue weighted by Gasteiger charge is -2.33. The van der Waals surface area contributed by atoms with E-state index in [4.69, 9.17) is 9.84 Å². The van der Waals surface area contributed by atoms with E-state index < -0.39 is 17.6 Å². The number of ether oxygens (including phenoxy) is 1. The Bertz CT molecular complexity index is 809.